The van der Waals surface area contributed by atoms with Gasteiger partial charge in [-0.2, -0.15) is 0 Å². The molecule has 0 bridgehead atoms. The lowest BCUT2D eigenvalue weighted by molar-refractivity contribution is 0.166. The molecule has 16 heavy (non-hydrogen) atoms. The molecule has 1 saturated heterocycles. The van der Waals surface area contributed by atoms with Crippen LogP contribution in [0.4, 0.5) is 11.4 Å². The molecule has 5 N–H and O–H groups in total. The van der Waals surface area contributed by atoms with Crippen LogP contribution in [0.1, 0.15) is 12.0 Å². The number of aliphatic hydroxyl groups is 1. The first-order chi connectivity index (χ1) is 7.63. The molecule has 1 aliphatic rings. The Kier molecular flexibility index (Phi) is 3.03. The van der Waals surface area contributed by atoms with Crippen molar-refractivity contribution in [2.45, 2.75) is 25.5 Å². The van der Waals surface area contributed by atoms with Crippen molar-refractivity contribution in [2.24, 2.45) is 5.73 Å². The second-order valence-electron chi connectivity index (χ2n) is 4.39. The average molecular weight is 221 g/mol. The van der Waals surface area contributed by atoms with Gasteiger partial charge in [0.1, 0.15) is 0 Å². The highest BCUT2D eigenvalue weighted by Crippen LogP contribution is 2.27. The molecular weight excluding hydrogens is 202 g/mol. The molecule has 0 amide bonds. The van der Waals surface area contributed by atoms with E-state index in [2.05, 4.69) is 11.0 Å². The van der Waals surface area contributed by atoms with Crippen LogP contribution < -0.4 is 16.4 Å². The number of rotatable bonds is 2. The van der Waals surface area contributed by atoms with E-state index in [9.17, 15) is 5.11 Å². The molecule has 0 aromatic heterocycles. The van der Waals surface area contributed by atoms with E-state index >= 15 is 0 Å². The van der Waals surface area contributed by atoms with Gasteiger partial charge >= 0.3 is 0 Å². The summed E-state index contributed by atoms with van der Waals surface area (Å²) in [5.41, 5.74) is 14.4. The van der Waals surface area contributed by atoms with Gasteiger partial charge in [-0.1, -0.05) is 0 Å². The monoisotopic (exact) mass is 221 g/mol. The van der Waals surface area contributed by atoms with Gasteiger partial charge in [0.25, 0.3) is 0 Å². The maximum atomic E-state index is 9.80. The Hall–Kier alpha value is -1.26. The third kappa shape index (κ3) is 1.86. The summed E-state index contributed by atoms with van der Waals surface area (Å²) in [5, 5.41) is 9.80. The zero-order valence-electron chi connectivity index (χ0n) is 9.56. The molecule has 1 aromatic rings. The highest BCUT2D eigenvalue weighted by Gasteiger charge is 2.31. The molecule has 4 heteroatoms. The van der Waals surface area contributed by atoms with Gasteiger partial charge in [0.2, 0.25) is 0 Å². The number of nitrogens with two attached hydrogens (primary N) is 2. The molecule has 0 spiro atoms. The molecular formula is C12H19N3O. The molecule has 4 nitrogen and oxygen atoms in total. The minimum Gasteiger partial charge on any atom is -0.399 e. The third-order valence-corrected chi connectivity index (χ3v) is 3.34. The summed E-state index contributed by atoms with van der Waals surface area (Å²) >= 11 is 0. The quantitative estimate of drug-likeness (QED) is 0.635. The van der Waals surface area contributed by atoms with Crippen molar-refractivity contribution in [3.8, 4) is 0 Å². The van der Waals surface area contributed by atoms with Gasteiger partial charge in [-0.3, -0.25) is 0 Å². The summed E-state index contributed by atoms with van der Waals surface area (Å²) < 4.78 is 0. The van der Waals surface area contributed by atoms with E-state index in [1.807, 2.05) is 19.1 Å². The number of benzene rings is 1. The van der Waals surface area contributed by atoms with Crippen molar-refractivity contribution in [3.05, 3.63) is 23.8 Å². The van der Waals surface area contributed by atoms with E-state index in [4.69, 9.17) is 11.5 Å². The molecule has 0 radical (unpaired) electrons. The average Bonchev–Trinajstić information content (AvgIpc) is 2.63. The third-order valence-electron chi connectivity index (χ3n) is 3.34. The van der Waals surface area contributed by atoms with Crippen molar-refractivity contribution >= 4 is 11.4 Å². The lowest BCUT2D eigenvalue weighted by atomic mass is 10.1. The lowest BCUT2D eigenvalue weighted by Gasteiger charge is -2.27. The number of hydrogen-bond donors (Lipinski definition) is 3. The fourth-order valence-corrected chi connectivity index (χ4v) is 2.28. The van der Waals surface area contributed by atoms with Gasteiger partial charge in [0.05, 0.1) is 12.1 Å². The Labute approximate surface area is 95.8 Å². The summed E-state index contributed by atoms with van der Waals surface area (Å²) in [6.07, 6.45) is 0.466. The smallest absolute Gasteiger partial charge is 0.0772 e. The van der Waals surface area contributed by atoms with E-state index in [1.165, 1.54) is 0 Å². The van der Waals surface area contributed by atoms with E-state index in [1.54, 1.807) is 0 Å². The first kappa shape index (κ1) is 11.2. The maximum Gasteiger partial charge on any atom is 0.0772 e. The number of aryl methyl sites for hydroxylation is 1. The number of nitrogens with zero attached hydrogens (tertiary/aromatic N) is 1. The Morgan fingerprint density at radius 2 is 2.25 bits per heavy atom. The summed E-state index contributed by atoms with van der Waals surface area (Å²) in [4.78, 5) is 2.16. The van der Waals surface area contributed by atoms with Gasteiger partial charge in [-0.15, -0.1) is 0 Å². The van der Waals surface area contributed by atoms with Crippen molar-refractivity contribution < 1.29 is 5.11 Å². The molecule has 1 fully saturated rings. The van der Waals surface area contributed by atoms with Crippen LogP contribution in [0.2, 0.25) is 0 Å². The van der Waals surface area contributed by atoms with Crippen LogP contribution in [0, 0.1) is 6.92 Å². The summed E-state index contributed by atoms with van der Waals surface area (Å²) in [6, 6.07) is 5.98. The van der Waals surface area contributed by atoms with Gasteiger partial charge in [-0.25, -0.2) is 0 Å². The molecule has 1 aliphatic heterocycles. The van der Waals surface area contributed by atoms with Crippen molar-refractivity contribution in [1.82, 2.24) is 0 Å². The molecule has 1 heterocycles. The summed E-state index contributed by atoms with van der Waals surface area (Å²) in [7, 11) is 0. The Morgan fingerprint density at radius 3 is 2.88 bits per heavy atom. The van der Waals surface area contributed by atoms with Gasteiger partial charge in [0.15, 0.2) is 0 Å². The van der Waals surface area contributed by atoms with Crippen molar-refractivity contribution in [3.63, 3.8) is 0 Å². The Morgan fingerprint density at radius 1 is 1.50 bits per heavy atom. The first-order valence-electron chi connectivity index (χ1n) is 5.64. The van der Waals surface area contributed by atoms with Gasteiger partial charge in [-0.05, 0) is 37.1 Å². The van der Waals surface area contributed by atoms with Gasteiger partial charge in [0, 0.05) is 24.5 Å². The zero-order chi connectivity index (χ0) is 11.7. The van der Waals surface area contributed by atoms with Crippen molar-refractivity contribution in [1.29, 1.82) is 0 Å². The molecule has 2 atom stereocenters. The second-order valence-corrected chi connectivity index (χ2v) is 4.39. The topological polar surface area (TPSA) is 75.5 Å². The van der Waals surface area contributed by atoms with Crippen LogP contribution in [-0.4, -0.2) is 30.3 Å². The second kappa shape index (κ2) is 4.31. The van der Waals surface area contributed by atoms with Crippen LogP contribution in [-0.2, 0) is 0 Å². The standard InChI is InChI=1S/C12H19N3O/c1-8-6-9(2-3-10(8)14)15-5-4-12(16)11(15)7-13/h2-3,6,11-12,16H,4-5,7,13-14H2,1H3. The van der Waals surface area contributed by atoms with E-state index in [0.717, 1.165) is 29.9 Å². The molecule has 88 valence electrons. The predicted octanol–water partition coefficient (Wildman–Crippen LogP) is 0.476. The predicted molar refractivity (Wildman–Crippen MR) is 66.4 cm³/mol. The number of anilines is 2. The Bertz CT molecular complexity index is 381. The van der Waals surface area contributed by atoms with Gasteiger partial charge < -0.3 is 21.5 Å². The van der Waals surface area contributed by atoms with Crippen LogP contribution in [0.5, 0.6) is 0 Å². The fraction of sp³-hybridized carbons (Fsp3) is 0.500. The number of hydrogen-bond acceptors (Lipinski definition) is 4. The molecule has 0 aliphatic carbocycles. The fourth-order valence-electron chi connectivity index (χ4n) is 2.28. The minimum absolute atomic E-state index is 0.0306. The van der Waals surface area contributed by atoms with Crippen LogP contribution in [0.25, 0.3) is 0 Å². The highest BCUT2D eigenvalue weighted by molar-refractivity contribution is 5.59. The van der Waals surface area contributed by atoms with E-state index in [0.29, 0.717) is 6.54 Å². The number of nitrogen functional groups attached to an aromatic ring is 1. The molecule has 2 rings (SSSR count). The van der Waals surface area contributed by atoms with E-state index in [-0.39, 0.29) is 12.1 Å². The SMILES string of the molecule is Cc1cc(N2CCC(O)C2CN)ccc1N. The zero-order valence-corrected chi connectivity index (χ0v) is 9.56. The van der Waals surface area contributed by atoms with Crippen LogP contribution in [0.3, 0.4) is 0 Å². The Balaban J connectivity index is 2.27. The molecule has 0 saturated carbocycles. The molecule has 2 unspecified atom stereocenters. The summed E-state index contributed by atoms with van der Waals surface area (Å²) in [6.45, 7) is 3.32. The first-order valence-corrected chi connectivity index (χ1v) is 5.64. The summed E-state index contributed by atoms with van der Waals surface area (Å²) in [5.74, 6) is 0. The maximum absolute atomic E-state index is 9.80. The normalized spacial score (nSPS) is 25.1. The lowest BCUT2D eigenvalue weighted by Crippen LogP contribution is -2.41. The van der Waals surface area contributed by atoms with E-state index < -0.39 is 0 Å². The van der Waals surface area contributed by atoms with Crippen molar-refractivity contribution in [2.75, 3.05) is 23.7 Å². The molecule has 1 aromatic carbocycles. The largest absolute Gasteiger partial charge is 0.399 e. The minimum atomic E-state index is -0.317. The number of aliphatic hydroxyl groups excluding tert-OH is 1. The highest BCUT2D eigenvalue weighted by atomic mass is 16.3. The van der Waals surface area contributed by atoms with Crippen LogP contribution >= 0.6 is 0 Å². The van der Waals surface area contributed by atoms with Crippen LogP contribution in [0.15, 0.2) is 18.2 Å².